The number of aromatic nitrogens is 1. The molecule has 164 valence electrons. The molecule has 8 nitrogen and oxygen atoms in total. The van der Waals surface area contributed by atoms with Gasteiger partial charge in [0.1, 0.15) is 16.6 Å². The van der Waals surface area contributed by atoms with E-state index in [1.807, 2.05) is 36.4 Å². The Morgan fingerprint density at radius 1 is 1.16 bits per heavy atom. The van der Waals surface area contributed by atoms with E-state index in [-0.39, 0.29) is 31.5 Å². The quantitative estimate of drug-likeness (QED) is 0.690. The van der Waals surface area contributed by atoms with Crippen molar-refractivity contribution in [2.75, 3.05) is 26.7 Å². The summed E-state index contributed by atoms with van der Waals surface area (Å²) in [6.45, 7) is 1.30. The summed E-state index contributed by atoms with van der Waals surface area (Å²) in [7, 11) is -1.90. The lowest BCUT2D eigenvalue weighted by Crippen LogP contribution is -2.56. The summed E-state index contributed by atoms with van der Waals surface area (Å²) in [4.78, 5) is 18.8. The Bertz CT molecular complexity index is 1080. The summed E-state index contributed by atoms with van der Waals surface area (Å²) in [5, 5.41) is -0.606. The minimum absolute atomic E-state index is 0.0107. The second kappa shape index (κ2) is 7.58. The smallest absolute Gasteiger partial charge is 0.227 e. The molecule has 1 aromatic carbocycles. The van der Waals surface area contributed by atoms with Gasteiger partial charge in [-0.05, 0) is 41.8 Å². The highest BCUT2D eigenvalue weighted by Gasteiger charge is 2.65. The first-order chi connectivity index (χ1) is 14.9. The third-order valence-electron chi connectivity index (χ3n) is 6.49. The van der Waals surface area contributed by atoms with Gasteiger partial charge in [-0.2, -0.15) is 4.31 Å². The Morgan fingerprint density at radius 2 is 1.90 bits per heavy atom. The lowest BCUT2D eigenvalue weighted by Gasteiger charge is -2.39. The molecule has 9 heteroatoms. The molecule has 0 N–H and O–H groups in total. The minimum Gasteiger partial charge on any atom is -0.497 e. The first kappa shape index (κ1) is 20.4. The number of amides is 1. The molecule has 0 unspecified atom stereocenters. The molecule has 5 rings (SSSR count). The molecule has 2 aromatic rings. The van der Waals surface area contributed by atoms with Gasteiger partial charge in [0.15, 0.2) is 0 Å². The number of carbonyl (C=O) groups is 1. The Morgan fingerprint density at radius 3 is 2.61 bits per heavy atom. The zero-order chi connectivity index (χ0) is 21.6. The number of methoxy groups -OCH3 is 1. The van der Waals surface area contributed by atoms with E-state index in [1.165, 1.54) is 4.31 Å². The normalized spacial score (nSPS) is 29.0. The van der Waals surface area contributed by atoms with Gasteiger partial charge in [-0.15, -0.1) is 0 Å². The Hall–Kier alpha value is -2.49. The topological polar surface area (TPSA) is 89.0 Å². The maximum atomic E-state index is 13.3. The summed E-state index contributed by atoms with van der Waals surface area (Å²) in [5.41, 5.74) is 0.927. The van der Waals surface area contributed by atoms with Gasteiger partial charge in [0, 0.05) is 32.0 Å². The molecule has 1 amide bonds. The number of benzene rings is 1. The van der Waals surface area contributed by atoms with E-state index in [9.17, 15) is 13.2 Å². The van der Waals surface area contributed by atoms with Crippen molar-refractivity contribution in [3.63, 3.8) is 0 Å². The van der Waals surface area contributed by atoms with E-state index < -0.39 is 20.9 Å². The van der Waals surface area contributed by atoms with Crippen LogP contribution in [-0.4, -0.2) is 72.2 Å². The van der Waals surface area contributed by atoms with Gasteiger partial charge < -0.3 is 14.4 Å². The maximum Gasteiger partial charge on any atom is 0.227 e. The second-order valence-electron chi connectivity index (χ2n) is 8.50. The predicted octanol–water partition coefficient (Wildman–Crippen LogP) is 1.22. The molecule has 31 heavy (non-hydrogen) atoms. The number of sulfonamides is 1. The van der Waals surface area contributed by atoms with E-state index in [0.717, 1.165) is 16.9 Å². The van der Waals surface area contributed by atoms with Crippen molar-refractivity contribution in [3.05, 3.63) is 59.9 Å². The minimum atomic E-state index is -3.51. The predicted molar refractivity (Wildman–Crippen MR) is 113 cm³/mol. The van der Waals surface area contributed by atoms with Crippen LogP contribution in [0.1, 0.15) is 17.5 Å². The Balaban J connectivity index is 1.33. The number of hydrogen-bond donors (Lipinski definition) is 0. The van der Waals surface area contributed by atoms with Crippen molar-refractivity contribution in [2.45, 2.75) is 36.3 Å². The van der Waals surface area contributed by atoms with Crippen LogP contribution in [0.4, 0.5) is 0 Å². The fourth-order valence-corrected chi connectivity index (χ4v) is 7.29. The standard InChI is InChI=1S/C22H25N3O5S/c1-29-18-4-2-16(3-5-18)10-21(26)24-13-19-11-20-22(14-24,30-19)15-25(31(20,27)28)12-17-6-8-23-9-7-17/h2-9,19-20H,10-15H2,1H3/t19-,20+,22+/m0/s1. The SMILES string of the molecule is COc1ccc(CC(=O)N2C[C@@H]3C[C@@H]4[C@@](C2)(CN(Cc2ccncc2)S4(=O)=O)O3)cc1. The first-order valence-corrected chi connectivity index (χ1v) is 11.9. The van der Waals surface area contributed by atoms with E-state index in [0.29, 0.717) is 19.5 Å². The number of rotatable bonds is 5. The summed E-state index contributed by atoms with van der Waals surface area (Å²) in [5.74, 6) is 0.733. The van der Waals surface area contributed by atoms with Crippen molar-refractivity contribution in [3.8, 4) is 5.75 Å². The number of likely N-dealkylation sites (tertiary alicyclic amines) is 1. The van der Waals surface area contributed by atoms with Crippen LogP contribution in [0.2, 0.25) is 0 Å². The summed E-state index contributed by atoms with van der Waals surface area (Å²) < 4.78 is 39.4. The van der Waals surface area contributed by atoms with Crippen LogP contribution >= 0.6 is 0 Å². The second-order valence-corrected chi connectivity index (χ2v) is 10.6. The van der Waals surface area contributed by atoms with Gasteiger partial charge in [0.25, 0.3) is 0 Å². The molecule has 3 saturated heterocycles. The van der Waals surface area contributed by atoms with Crippen molar-refractivity contribution >= 4 is 15.9 Å². The number of ether oxygens (including phenoxy) is 2. The average Bonchev–Trinajstić information content (AvgIpc) is 3.14. The van der Waals surface area contributed by atoms with Gasteiger partial charge in [0.05, 0.1) is 26.2 Å². The van der Waals surface area contributed by atoms with E-state index >= 15 is 0 Å². The van der Waals surface area contributed by atoms with Crippen molar-refractivity contribution in [2.24, 2.45) is 0 Å². The third-order valence-corrected chi connectivity index (χ3v) is 8.81. The van der Waals surface area contributed by atoms with Crippen LogP contribution in [-0.2, 0) is 32.5 Å². The van der Waals surface area contributed by atoms with E-state index in [1.54, 1.807) is 24.4 Å². The summed E-state index contributed by atoms with van der Waals surface area (Å²) in [6.07, 6.45) is 3.77. The molecule has 0 saturated carbocycles. The molecular formula is C22H25N3O5S. The molecule has 3 aliphatic heterocycles. The van der Waals surface area contributed by atoms with E-state index in [2.05, 4.69) is 4.98 Å². The lowest BCUT2D eigenvalue weighted by molar-refractivity contribution is -0.150. The molecule has 1 spiro atoms. The van der Waals surface area contributed by atoms with Gasteiger partial charge >= 0.3 is 0 Å². The molecule has 2 bridgehead atoms. The number of nitrogens with zero attached hydrogens (tertiary/aromatic N) is 3. The fourth-order valence-electron chi connectivity index (χ4n) is 5.00. The highest BCUT2D eigenvalue weighted by molar-refractivity contribution is 7.90. The maximum absolute atomic E-state index is 13.3. The number of morpholine rings is 1. The van der Waals surface area contributed by atoms with E-state index in [4.69, 9.17) is 9.47 Å². The Kier molecular flexibility index (Phi) is 4.99. The summed E-state index contributed by atoms with van der Waals surface area (Å²) >= 11 is 0. The molecule has 3 aliphatic rings. The van der Waals surface area contributed by atoms with Crippen LogP contribution in [0.5, 0.6) is 5.75 Å². The molecule has 3 atom stereocenters. The van der Waals surface area contributed by atoms with Crippen molar-refractivity contribution in [1.29, 1.82) is 0 Å². The highest BCUT2D eigenvalue weighted by Crippen LogP contribution is 2.47. The van der Waals surface area contributed by atoms with Gasteiger partial charge in [-0.1, -0.05) is 12.1 Å². The molecule has 3 fully saturated rings. The zero-order valence-corrected chi connectivity index (χ0v) is 18.1. The molecule has 0 aliphatic carbocycles. The molecular weight excluding hydrogens is 418 g/mol. The van der Waals surface area contributed by atoms with Crippen LogP contribution in [0.15, 0.2) is 48.8 Å². The van der Waals surface area contributed by atoms with Crippen LogP contribution in [0.3, 0.4) is 0 Å². The lowest BCUT2D eigenvalue weighted by atomic mass is 9.99. The van der Waals surface area contributed by atoms with Crippen LogP contribution < -0.4 is 4.74 Å². The Labute approximate surface area is 181 Å². The van der Waals surface area contributed by atoms with Crippen molar-refractivity contribution < 1.29 is 22.7 Å². The first-order valence-electron chi connectivity index (χ1n) is 10.4. The third kappa shape index (κ3) is 3.60. The zero-order valence-electron chi connectivity index (χ0n) is 17.3. The molecule has 4 heterocycles. The number of carbonyl (C=O) groups excluding carboxylic acids is 1. The van der Waals surface area contributed by atoms with Crippen LogP contribution in [0, 0.1) is 0 Å². The monoisotopic (exact) mass is 443 g/mol. The number of hydrogen-bond acceptors (Lipinski definition) is 6. The van der Waals surface area contributed by atoms with Crippen molar-refractivity contribution in [1.82, 2.24) is 14.2 Å². The van der Waals surface area contributed by atoms with Gasteiger partial charge in [-0.25, -0.2) is 8.42 Å². The molecule has 0 radical (unpaired) electrons. The fraction of sp³-hybridized carbons (Fsp3) is 0.455. The summed E-state index contributed by atoms with van der Waals surface area (Å²) in [6, 6.07) is 11.1. The number of fused-ring (bicyclic) bond motifs is 1. The molecule has 1 aromatic heterocycles. The number of pyridine rings is 1. The van der Waals surface area contributed by atoms with Gasteiger partial charge in [0.2, 0.25) is 15.9 Å². The average molecular weight is 444 g/mol. The largest absolute Gasteiger partial charge is 0.497 e. The van der Waals surface area contributed by atoms with Crippen LogP contribution in [0.25, 0.3) is 0 Å². The highest BCUT2D eigenvalue weighted by atomic mass is 32.2. The van der Waals surface area contributed by atoms with Gasteiger partial charge in [-0.3, -0.25) is 9.78 Å².